The highest BCUT2D eigenvalue weighted by atomic mass is 32.2. The Morgan fingerprint density at radius 3 is 2.69 bits per heavy atom. The van der Waals surface area contributed by atoms with Crippen LogP contribution in [0.4, 0.5) is 23.7 Å². The number of sulfonamides is 1. The SMILES string of the molecule is CS(=O)(=O)N[C@H]1CCCN(C(=O)Nc2ccc(-n3cccn3)cc2C(F)(F)F)C1. The van der Waals surface area contributed by atoms with E-state index >= 15 is 0 Å². The van der Waals surface area contributed by atoms with Gasteiger partial charge in [-0.05, 0) is 37.1 Å². The van der Waals surface area contributed by atoms with E-state index < -0.39 is 33.8 Å². The minimum Gasteiger partial charge on any atom is -0.323 e. The third-order valence-electron chi connectivity index (χ3n) is 4.41. The lowest BCUT2D eigenvalue weighted by molar-refractivity contribution is -0.136. The number of amides is 2. The number of aromatic nitrogens is 2. The Hall–Kier alpha value is -2.60. The molecule has 2 N–H and O–H groups in total. The highest BCUT2D eigenvalue weighted by Gasteiger charge is 2.35. The van der Waals surface area contributed by atoms with E-state index in [1.165, 1.54) is 34.1 Å². The van der Waals surface area contributed by atoms with Crippen LogP contribution in [0.1, 0.15) is 18.4 Å². The molecule has 1 aliphatic heterocycles. The lowest BCUT2D eigenvalue weighted by atomic mass is 10.1. The van der Waals surface area contributed by atoms with Crippen molar-refractivity contribution in [3.05, 3.63) is 42.2 Å². The largest absolute Gasteiger partial charge is 0.418 e. The Balaban J connectivity index is 1.79. The van der Waals surface area contributed by atoms with Crippen LogP contribution >= 0.6 is 0 Å². The van der Waals surface area contributed by atoms with Gasteiger partial charge >= 0.3 is 12.2 Å². The van der Waals surface area contributed by atoms with Gasteiger partial charge in [0.1, 0.15) is 0 Å². The third-order valence-corrected chi connectivity index (χ3v) is 5.17. The number of alkyl halides is 3. The van der Waals surface area contributed by atoms with E-state index in [0.717, 1.165) is 12.3 Å². The fourth-order valence-electron chi connectivity index (χ4n) is 3.19. The summed E-state index contributed by atoms with van der Waals surface area (Å²) in [7, 11) is -3.45. The van der Waals surface area contributed by atoms with Crippen molar-refractivity contribution in [2.24, 2.45) is 0 Å². The molecule has 0 spiro atoms. The highest BCUT2D eigenvalue weighted by Crippen LogP contribution is 2.36. The van der Waals surface area contributed by atoms with Gasteiger partial charge in [-0.15, -0.1) is 0 Å². The van der Waals surface area contributed by atoms with Gasteiger partial charge in [-0.3, -0.25) is 0 Å². The quantitative estimate of drug-likeness (QED) is 0.777. The molecule has 0 radical (unpaired) electrons. The molecule has 12 heteroatoms. The second kappa shape index (κ2) is 8.03. The van der Waals surface area contributed by atoms with Crippen LogP contribution < -0.4 is 10.0 Å². The Labute approximate surface area is 165 Å². The van der Waals surface area contributed by atoms with Gasteiger partial charge in [-0.25, -0.2) is 22.6 Å². The summed E-state index contributed by atoms with van der Waals surface area (Å²) in [5.74, 6) is 0. The van der Waals surface area contributed by atoms with Crippen LogP contribution in [-0.2, 0) is 16.2 Å². The Bertz CT molecular complexity index is 977. The van der Waals surface area contributed by atoms with E-state index in [9.17, 15) is 26.4 Å². The van der Waals surface area contributed by atoms with E-state index in [1.54, 1.807) is 6.07 Å². The van der Waals surface area contributed by atoms with Crippen molar-refractivity contribution < 1.29 is 26.4 Å². The number of hydrogen-bond donors (Lipinski definition) is 2. The number of hydrogen-bond acceptors (Lipinski definition) is 4. The molecule has 0 bridgehead atoms. The van der Waals surface area contributed by atoms with E-state index in [-0.39, 0.29) is 17.9 Å². The monoisotopic (exact) mass is 431 g/mol. The van der Waals surface area contributed by atoms with Crippen LogP contribution in [0.5, 0.6) is 0 Å². The fraction of sp³-hybridized carbons (Fsp3) is 0.412. The molecule has 0 aliphatic carbocycles. The zero-order valence-corrected chi connectivity index (χ0v) is 16.3. The molecule has 1 fully saturated rings. The number of nitrogens with zero attached hydrogens (tertiary/aromatic N) is 3. The van der Waals surface area contributed by atoms with Crippen LogP contribution in [0.3, 0.4) is 0 Å². The number of piperidine rings is 1. The molecular formula is C17H20F3N5O3S. The molecule has 1 saturated heterocycles. The summed E-state index contributed by atoms with van der Waals surface area (Å²) < 4.78 is 67.1. The molecule has 2 amide bonds. The van der Waals surface area contributed by atoms with E-state index in [4.69, 9.17) is 0 Å². The zero-order chi connectivity index (χ0) is 21.2. The second-order valence-electron chi connectivity index (χ2n) is 6.78. The molecule has 29 heavy (non-hydrogen) atoms. The molecule has 0 saturated carbocycles. The molecule has 158 valence electrons. The fourth-order valence-corrected chi connectivity index (χ4v) is 3.99. The first-order valence-corrected chi connectivity index (χ1v) is 10.7. The molecule has 1 aromatic carbocycles. The normalized spacial score (nSPS) is 17.9. The number of carbonyl (C=O) groups excluding carboxylic acids is 1. The van der Waals surface area contributed by atoms with Gasteiger partial charge in [0.05, 0.1) is 23.2 Å². The maximum atomic E-state index is 13.5. The standard InChI is InChI=1S/C17H20F3N5O3S/c1-29(27,28)23-12-4-2-8-24(11-12)16(26)22-15-6-5-13(25-9-3-7-21-25)10-14(15)17(18,19)20/h3,5-7,9-10,12,23H,2,4,8,11H2,1H3,(H,22,26)/t12-/m0/s1. The average Bonchev–Trinajstić information content (AvgIpc) is 3.14. The predicted molar refractivity (Wildman–Crippen MR) is 100 cm³/mol. The van der Waals surface area contributed by atoms with Crippen molar-refractivity contribution in [3.63, 3.8) is 0 Å². The molecular weight excluding hydrogens is 411 g/mol. The Morgan fingerprint density at radius 1 is 1.31 bits per heavy atom. The van der Waals surface area contributed by atoms with Gasteiger partial charge in [0.2, 0.25) is 10.0 Å². The summed E-state index contributed by atoms with van der Waals surface area (Å²) in [6, 6.07) is 3.89. The van der Waals surface area contributed by atoms with Crippen molar-refractivity contribution in [2.75, 3.05) is 24.7 Å². The topological polar surface area (TPSA) is 96.3 Å². The van der Waals surface area contributed by atoms with E-state index in [2.05, 4.69) is 15.1 Å². The lowest BCUT2D eigenvalue weighted by Gasteiger charge is -2.33. The molecule has 3 rings (SSSR count). The number of anilines is 1. The van der Waals surface area contributed by atoms with Crippen LogP contribution in [-0.4, -0.2) is 54.5 Å². The number of benzene rings is 1. The van der Waals surface area contributed by atoms with E-state index in [0.29, 0.717) is 19.4 Å². The second-order valence-corrected chi connectivity index (χ2v) is 8.56. The third kappa shape index (κ3) is 5.48. The minimum absolute atomic E-state index is 0.0750. The summed E-state index contributed by atoms with van der Waals surface area (Å²) in [5, 5.41) is 6.21. The summed E-state index contributed by atoms with van der Waals surface area (Å²) >= 11 is 0. The maximum Gasteiger partial charge on any atom is 0.418 e. The van der Waals surface area contributed by atoms with Gasteiger partial charge in [-0.1, -0.05) is 0 Å². The molecule has 2 aromatic rings. The smallest absolute Gasteiger partial charge is 0.323 e. The number of carbonyl (C=O) groups is 1. The van der Waals surface area contributed by atoms with Crippen LogP contribution in [0.25, 0.3) is 5.69 Å². The summed E-state index contributed by atoms with van der Waals surface area (Å²) in [6.45, 7) is 0.395. The van der Waals surface area contributed by atoms with Crippen molar-refractivity contribution >= 4 is 21.7 Å². The summed E-state index contributed by atoms with van der Waals surface area (Å²) in [4.78, 5) is 13.8. The highest BCUT2D eigenvalue weighted by molar-refractivity contribution is 7.88. The maximum absolute atomic E-state index is 13.5. The lowest BCUT2D eigenvalue weighted by Crippen LogP contribution is -2.50. The molecule has 1 aliphatic rings. The Morgan fingerprint density at radius 2 is 2.07 bits per heavy atom. The van der Waals surface area contributed by atoms with Gasteiger partial charge in [-0.2, -0.15) is 18.3 Å². The van der Waals surface area contributed by atoms with Crippen molar-refractivity contribution in [1.82, 2.24) is 19.4 Å². The van der Waals surface area contributed by atoms with Crippen LogP contribution in [0.15, 0.2) is 36.7 Å². The molecule has 1 atom stereocenters. The number of nitrogens with one attached hydrogen (secondary N) is 2. The van der Waals surface area contributed by atoms with Crippen molar-refractivity contribution in [2.45, 2.75) is 25.1 Å². The van der Waals surface area contributed by atoms with E-state index in [1.807, 2.05) is 0 Å². The first-order valence-electron chi connectivity index (χ1n) is 8.77. The summed E-state index contributed by atoms with van der Waals surface area (Å²) in [5.41, 5.74) is -1.17. The predicted octanol–water partition coefficient (Wildman–Crippen LogP) is 2.44. The zero-order valence-electron chi connectivity index (χ0n) is 15.5. The number of urea groups is 1. The Kier molecular flexibility index (Phi) is 5.85. The number of halogens is 3. The number of likely N-dealkylation sites (tertiary alicyclic amines) is 1. The van der Waals surface area contributed by atoms with Crippen molar-refractivity contribution in [3.8, 4) is 5.69 Å². The summed E-state index contributed by atoms with van der Waals surface area (Å²) in [6.07, 6.45) is 0.363. The molecule has 2 heterocycles. The van der Waals surface area contributed by atoms with Crippen molar-refractivity contribution in [1.29, 1.82) is 0 Å². The van der Waals surface area contributed by atoms with Gasteiger partial charge < -0.3 is 10.2 Å². The first kappa shape index (κ1) is 21.1. The average molecular weight is 431 g/mol. The first-order chi connectivity index (χ1) is 13.5. The molecule has 1 aromatic heterocycles. The van der Waals surface area contributed by atoms with Crippen LogP contribution in [0, 0.1) is 0 Å². The number of rotatable bonds is 4. The van der Waals surface area contributed by atoms with Gasteiger partial charge in [0, 0.05) is 31.5 Å². The van der Waals surface area contributed by atoms with Gasteiger partial charge in [0.15, 0.2) is 0 Å². The van der Waals surface area contributed by atoms with Gasteiger partial charge in [0.25, 0.3) is 0 Å². The molecule has 8 nitrogen and oxygen atoms in total. The molecule has 0 unspecified atom stereocenters. The minimum atomic E-state index is -4.69. The van der Waals surface area contributed by atoms with Crippen LogP contribution in [0.2, 0.25) is 0 Å².